The predicted molar refractivity (Wildman–Crippen MR) is 115 cm³/mol. The van der Waals surface area contributed by atoms with Crippen molar-refractivity contribution < 1.29 is 4.92 Å². The second kappa shape index (κ2) is 6.20. The lowest BCUT2D eigenvalue weighted by Crippen LogP contribution is -2.46. The zero-order valence-corrected chi connectivity index (χ0v) is 16.6. The highest BCUT2D eigenvalue weighted by Gasteiger charge is 2.48. The van der Waals surface area contributed by atoms with E-state index in [9.17, 15) is 10.1 Å². The molecule has 0 aromatic heterocycles. The van der Waals surface area contributed by atoms with Crippen molar-refractivity contribution in [2.75, 3.05) is 11.4 Å². The van der Waals surface area contributed by atoms with Crippen LogP contribution in [0.15, 0.2) is 60.7 Å². The number of benzene rings is 2. The molecule has 6 rings (SSSR count). The maximum atomic E-state index is 11.7. The van der Waals surface area contributed by atoms with Crippen LogP contribution in [0.25, 0.3) is 0 Å². The topological polar surface area (TPSA) is 46.4 Å². The van der Waals surface area contributed by atoms with Gasteiger partial charge in [0.1, 0.15) is 0 Å². The molecule has 5 heteroatoms. The lowest BCUT2D eigenvalue weighted by Gasteiger charge is -2.51. The molecule has 0 bridgehead atoms. The third kappa shape index (κ3) is 2.39. The first-order valence-corrected chi connectivity index (χ1v) is 10.7. The van der Waals surface area contributed by atoms with Crippen molar-refractivity contribution in [2.24, 2.45) is 11.8 Å². The van der Waals surface area contributed by atoms with Crippen molar-refractivity contribution in [1.29, 1.82) is 0 Å². The summed E-state index contributed by atoms with van der Waals surface area (Å²) in [5.41, 5.74) is 4.84. The van der Waals surface area contributed by atoms with Gasteiger partial charge in [0.15, 0.2) is 0 Å². The second-order valence-electron chi connectivity index (χ2n) is 8.65. The van der Waals surface area contributed by atoms with Crippen LogP contribution in [0, 0.1) is 22.0 Å². The van der Waals surface area contributed by atoms with Crippen molar-refractivity contribution >= 4 is 23.0 Å². The Kier molecular flexibility index (Phi) is 3.70. The summed E-state index contributed by atoms with van der Waals surface area (Å²) in [5.74, 6) is 1.29. The molecule has 2 heterocycles. The summed E-state index contributed by atoms with van der Waals surface area (Å²) in [6.45, 7) is 0.967. The molecule has 4 aliphatic rings. The predicted octanol–water partition coefficient (Wildman–Crippen LogP) is 6.14. The molecule has 0 N–H and O–H groups in total. The summed E-state index contributed by atoms with van der Waals surface area (Å²) in [5, 5.41) is 12.5. The molecule has 5 atom stereocenters. The average Bonchev–Trinajstić information content (AvgIpc) is 3.38. The molecule has 0 unspecified atom stereocenters. The van der Waals surface area contributed by atoms with E-state index in [0.29, 0.717) is 11.8 Å². The summed E-state index contributed by atoms with van der Waals surface area (Å²) in [6, 6.07) is 12.0. The highest BCUT2D eigenvalue weighted by atomic mass is 35.5. The Bertz CT molecular complexity index is 1080. The van der Waals surface area contributed by atoms with E-state index >= 15 is 0 Å². The lowest BCUT2D eigenvalue weighted by molar-refractivity contribution is -0.385. The molecule has 0 saturated heterocycles. The van der Waals surface area contributed by atoms with Gasteiger partial charge in [-0.1, -0.05) is 54.1 Å². The van der Waals surface area contributed by atoms with Gasteiger partial charge in [0, 0.05) is 41.2 Å². The van der Waals surface area contributed by atoms with E-state index in [1.54, 1.807) is 0 Å². The molecule has 0 amide bonds. The van der Waals surface area contributed by atoms with E-state index in [1.807, 2.05) is 24.3 Å². The van der Waals surface area contributed by atoms with Gasteiger partial charge in [0.2, 0.25) is 0 Å². The Hall–Kier alpha value is -2.59. The number of hydrogen-bond donors (Lipinski definition) is 0. The van der Waals surface area contributed by atoms with Gasteiger partial charge in [-0.15, -0.1) is 0 Å². The molecular formula is C24H21ClN2O2. The monoisotopic (exact) mass is 404 g/mol. The van der Waals surface area contributed by atoms with Crippen LogP contribution in [0.3, 0.4) is 0 Å². The van der Waals surface area contributed by atoms with Gasteiger partial charge in [0.05, 0.1) is 11.0 Å². The lowest BCUT2D eigenvalue weighted by atomic mass is 9.70. The number of non-ortho nitro benzene ring substituents is 1. The van der Waals surface area contributed by atoms with Gasteiger partial charge in [-0.2, -0.15) is 0 Å². The van der Waals surface area contributed by atoms with E-state index in [0.717, 1.165) is 35.5 Å². The summed E-state index contributed by atoms with van der Waals surface area (Å²) in [6.07, 6.45) is 11.0. The first kappa shape index (κ1) is 17.3. The number of fused-ring (bicyclic) bond motifs is 4. The number of nitrogens with zero attached hydrogens (tertiary/aromatic N) is 2. The number of allylic oxidation sites excluding steroid dienone is 4. The Morgan fingerprint density at radius 3 is 2.52 bits per heavy atom. The summed E-state index contributed by atoms with van der Waals surface area (Å²) in [4.78, 5) is 14.0. The average molecular weight is 405 g/mol. The van der Waals surface area contributed by atoms with Crippen molar-refractivity contribution in [3.8, 4) is 0 Å². The van der Waals surface area contributed by atoms with Crippen LogP contribution in [-0.2, 0) is 0 Å². The van der Waals surface area contributed by atoms with Gasteiger partial charge in [-0.3, -0.25) is 10.1 Å². The zero-order chi connectivity index (χ0) is 19.7. The van der Waals surface area contributed by atoms with E-state index in [2.05, 4.69) is 41.3 Å². The Morgan fingerprint density at radius 1 is 1.00 bits per heavy atom. The molecule has 0 fully saturated rings. The van der Waals surface area contributed by atoms with Crippen LogP contribution in [0.5, 0.6) is 0 Å². The van der Waals surface area contributed by atoms with Crippen molar-refractivity contribution in [3.63, 3.8) is 0 Å². The van der Waals surface area contributed by atoms with Crippen molar-refractivity contribution in [1.82, 2.24) is 0 Å². The molecule has 0 saturated carbocycles. The summed E-state index contributed by atoms with van der Waals surface area (Å²) in [7, 11) is 0. The quantitative estimate of drug-likeness (QED) is 0.343. The number of rotatable bonds is 2. The molecule has 146 valence electrons. The maximum absolute atomic E-state index is 11.7. The molecule has 0 spiro atoms. The van der Waals surface area contributed by atoms with Crippen LogP contribution in [0.4, 0.5) is 11.4 Å². The van der Waals surface area contributed by atoms with E-state index in [-0.39, 0.29) is 28.5 Å². The molecule has 29 heavy (non-hydrogen) atoms. The molecule has 2 aliphatic heterocycles. The van der Waals surface area contributed by atoms with Crippen molar-refractivity contribution in [2.45, 2.75) is 30.7 Å². The van der Waals surface area contributed by atoms with Gasteiger partial charge in [0.25, 0.3) is 5.69 Å². The molecule has 4 nitrogen and oxygen atoms in total. The first-order valence-electron chi connectivity index (χ1n) is 10.3. The van der Waals surface area contributed by atoms with Crippen LogP contribution in [-0.4, -0.2) is 11.5 Å². The third-order valence-corrected chi connectivity index (χ3v) is 7.61. The fourth-order valence-corrected chi connectivity index (χ4v) is 6.38. The largest absolute Gasteiger partial charge is 0.363 e. The summed E-state index contributed by atoms with van der Waals surface area (Å²) >= 11 is 6.68. The molecule has 0 radical (unpaired) electrons. The Morgan fingerprint density at radius 2 is 1.72 bits per heavy atom. The molecule has 2 aromatic carbocycles. The minimum absolute atomic E-state index is 0.193. The second-order valence-corrected chi connectivity index (χ2v) is 9.06. The zero-order valence-electron chi connectivity index (χ0n) is 15.9. The Balaban J connectivity index is 1.62. The summed E-state index contributed by atoms with van der Waals surface area (Å²) < 4.78 is 0. The van der Waals surface area contributed by atoms with Gasteiger partial charge >= 0.3 is 0 Å². The van der Waals surface area contributed by atoms with Gasteiger partial charge in [-0.05, 0) is 47.4 Å². The molecular weight excluding hydrogens is 384 g/mol. The number of nitro groups is 1. The van der Waals surface area contributed by atoms with Gasteiger partial charge in [-0.25, -0.2) is 0 Å². The van der Waals surface area contributed by atoms with Gasteiger partial charge < -0.3 is 4.90 Å². The fraction of sp³-hybridized carbons (Fsp3) is 0.333. The molecule has 2 aliphatic carbocycles. The first-order chi connectivity index (χ1) is 14.1. The van der Waals surface area contributed by atoms with Crippen molar-refractivity contribution in [3.05, 3.63) is 92.5 Å². The number of halogens is 1. The highest BCUT2D eigenvalue weighted by molar-refractivity contribution is 6.31. The molecule has 2 aromatic rings. The van der Waals surface area contributed by atoms with E-state index < -0.39 is 0 Å². The minimum Gasteiger partial charge on any atom is -0.363 e. The van der Waals surface area contributed by atoms with Crippen LogP contribution < -0.4 is 4.90 Å². The van der Waals surface area contributed by atoms with Crippen LogP contribution in [0.2, 0.25) is 5.02 Å². The Labute approximate surface area is 174 Å². The fourth-order valence-electron chi connectivity index (χ4n) is 6.13. The SMILES string of the molecule is O=[N+]([O-])c1cc2c3c(c1)[C@H]1C=CC[C@@H]1[C@H](c1ccccc1Cl)N3C[C@H]1CC=C[C@H]21. The van der Waals surface area contributed by atoms with Crippen LogP contribution >= 0.6 is 11.6 Å². The smallest absolute Gasteiger partial charge is 0.270 e. The standard InChI is InChI=1S/C24H21ClN2O2/c25-22-10-2-1-6-19(22)23-18-9-4-8-17(18)21-12-15(27(28)29)11-20-16-7-3-5-14(16)13-26(23)24(20)21/h1-4,6-8,10-12,14,16-18,23H,5,9,13H2/t14-,16+,17+,18+,23-/m1/s1. The highest BCUT2D eigenvalue weighted by Crippen LogP contribution is 2.59. The van der Waals surface area contributed by atoms with Crippen LogP contribution in [0.1, 0.15) is 47.4 Å². The van der Waals surface area contributed by atoms with E-state index in [4.69, 9.17) is 11.6 Å². The normalized spacial score (nSPS) is 30.8. The maximum Gasteiger partial charge on any atom is 0.270 e. The van der Waals surface area contributed by atoms with E-state index in [1.165, 1.54) is 11.3 Å². The minimum atomic E-state index is -0.239. The number of nitro benzene ring substituents is 1. The number of anilines is 1. The third-order valence-electron chi connectivity index (χ3n) is 7.27. The number of hydrogen-bond acceptors (Lipinski definition) is 3.